The van der Waals surface area contributed by atoms with Crippen molar-refractivity contribution in [2.24, 2.45) is 0 Å². The Kier molecular flexibility index (Phi) is 5.93. The molecule has 0 radical (unpaired) electrons. The highest BCUT2D eigenvalue weighted by Gasteiger charge is 2.01. The van der Waals surface area contributed by atoms with E-state index in [0.29, 0.717) is 6.42 Å². The fraction of sp³-hybridized carbons (Fsp3) is 0.417. The molecule has 0 bridgehead atoms. The lowest BCUT2D eigenvalue weighted by Crippen LogP contribution is -2.10. The van der Waals surface area contributed by atoms with Gasteiger partial charge in [-0.2, -0.15) is 0 Å². The van der Waals surface area contributed by atoms with Gasteiger partial charge in [0, 0.05) is 17.4 Å². The van der Waals surface area contributed by atoms with Gasteiger partial charge in [0.25, 0.3) is 0 Å². The van der Waals surface area contributed by atoms with Crippen molar-refractivity contribution in [2.45, 2.75) is 25.7 Å². The summed E-state index contributed by atoms with van der Waals surface area (Å²) < 4.78 is 0. The zero-order valence-corrected chi connectivity index (χ0v) is 10.7. The summed E-state index contributed by atoms with van der Waals surface area (Å²) in [5.41, 5.74) is 0.725. The lowest BCUT2D eigenvalue weighted by molar-refractivity contribution is -0.116. The summed E-state index contributed by atoms with van der Waals surface area (Å²) in [5.74, 6) is 0.232. The molecule has 0 saturated heterocycles. The summed E-state index contributed by atoms with van der Waals surface area (Å²) in [6.07, 6.45) is 3.63. The van der Waals surface area contributed by atoms with Gasteiger partial charge in [0.2, 0.25) is 5.91 Å². The summed E-state index contributed by atoms with van der Waals surface area (Å²) >= 11 is 3.35. The molecule has 1 aromatic carbocycles. The maximum Gasteiger partial charge on any atom is 0.224 e. The second kappa shape index (κ2) is 7.28. The second-order valence-electron chi connectivity index (χ2n) is 3.59. The molecule has 0 heterocycles. The largest absolute Gasteiger partial charge is 0.508 e. The standard InChI is InChI=1S/C12H16BrNO2/c13-9-3-1-2-4-12(16)14-10-5-7-11(15)8-6-10/h5-8,15H,1-4,9H2,(H,14,16). The number of phenolic OH excluding ortho intramolecular Hbond substituents is 1. The Morgan fingerprint density at radius 3 is 2.50 bits per heavy atom. The number of alkyl halides is 1. The van der Waals surface area contributed by atoms with Gasteiger partial charge in [-0.1, -0.05) is 22.4 Å². The molecule has 0 aromatic heterocycles. The van der Waals surface area contributed by atoms with Crippen molar-refractivity contribution in [3.8, 4) is 5.75 Å². The predicted octanol–water partition coefficient (Wildman–Crippen LogP) is 3.29. The van der Waals surface area contributed by atoms with Crippen LogP contribution >= 0.6 is 15.9 Å². The molecular weight excluding hydrogens is 270 g/mol. The number of amides is 1. The summed E-state index contributed by atoms with van der Waals surface area (Å²) in [7, 11) is 0. The van der Waals surface area contributed by atoms with Crippen LogP contribution in [0, 0.1) is 0 Å². The third-order valence-corrected chi connectivity index (χ3v) is 2.75. The van der Waals surface area contributed by atoms with Crippen LogP contribution in [0.4, 0.5) is 5.69 Å². The molecule has 16 heavy (non-hydrogen) atoms. The first-order valence-electron chi connectivity index (χ1n) is 5.37. The average Bonchev–Trinajstić information content (AvgIpc) is 2.28. The van der Waals surface area contributed by atoms with E-state index in [1.54, 1.807) is 24.3 Å². The zero-order chi connectivity index (χ0) is 11.8. The molecule has 0 saturated carbocycles. The van der Waals surface area contributed by atoms with E-state index < -0.39 is 0 Å². The zero-order valence-electron chi connectivity index (χ0n) is 9.08. The first-order chi connectivity index (χ1) is 7.72. The van der Waals surface area contributed by atoms with Crippen molar-refractivity contribution in [3.63, 3.8) is 0 Å². The van der Waals surface area contributed by atoms with E-state index in [1.807, 2.05) is 0 Å². The van der Waals surface area contributed by atoms with Crippen LogP contribution in [0.3, 0.4) is 0 Å². The molecular formula is C12H16BrNO2. The number of hydrogen-bond acceptors (Lipinski definition) is 2. The van der Waals surface area contributed by atoms with E-state index in [4.69, 9.17) is 5.11 Å². The predicted molar refractivity (Wildman–Crippen MR) is 69.0 cm³/mol. The molecule has 2 N–H and O–H groups in total. The number of unbranched alkanes of at least 4 members (excludes halogenated alkanes) is 2. The van der Waals surface area contributed by atoms with Gasteiger partial charge in [-0.3, -0.25) is 4.79 Å². The number of carbonyl (C=O) groups is 1. The Morgan fingerprint density at radius 1 is 1.19 bits per heavy atom. The fourth-order valence-corrected chi connectivity index (χ4v) is 1.72. The van der Waals surface area contributed by atoms with Crippen molar-refractivity contribution in [3.05, 3.63) is 24.3 Å². The molecule has 0 spiro atoms. The topological polar surface area (TPSA) is 49.3 Å². The van der Waals surface area contributed by atoms with Crippen molar-refractivity contribution in [1.29, 1.82) is 0 Å². The van der Waals surface area contributed by atoms with E-state index in [1.165, 1.54) is 0 Å². The number of phenols is 1. The molecule has 0 atom stereocenters. The van der Waals surface area contributed by atoms with Gasteiger partial charge in [-0.25, -0.2) is 0 Å². The monoisotopic (exact) mass is 285 g/mol. The number of carbonyl (C=O) groups excluding carboxylic acids is 1. The molecule has 1 aromatic rings. The molecule has 1 amide bonds. The molecule has 0 fully saturated rings. The molecule has 3 nitrogen and oxygen atoms in total. The van der Waals surface area contributed by atoms with Gasteiger partial charge >= 0.3 is 0 Å². The summed E-state index contributed by atoms with van der Waals surface area (Å²) in [4.78, 5) is 11.5. The number of hydrogen-bond donors (Lipinski definition) is 2. The van der Waals surface area contributed by atoms with Crippen molar-refractivity contribution in [1.82, 2.24) is 0 Å². The van der Waals surface area contributed by atoms with Crippen LogP contribution < -0.4 is 5.32 Å². The van der Waals surface area contributed by atoms with Crippen LogP contribution in [0.25, 0.3) is 0 Å². The van der Waals surface area contributed by atoms with Crippen LogP contribution in [-0.4, -0.2) is 16.3 Å². The van der Waals surface area contributed by atoms with Gasteiger partial charge in [0.05, 0.1) is 0 Å². The van der Waals surface area contributed by atoms with Crippen LogP contribution in [-0.2, 0) is 4.79 Å². The molecule has 88 valence electrons. The Morgan fingerprint density at radius 2 is 1.88 bits per heavy atom. The number of halogens is 1. The highest BCUT2D eigenvalue weighted by Crippen LogP contribution is 2.14. The number of benzene rings is 1. The third-order valence-electron chi connectivity index (χ3n) is 2.19. The Hall–Kier alpha value is -1.03. The summed E-state index contributed by atoms with van der Waals surface area (Å²) in [6, 6.07) is 6.48. The highest BCUT2D eigenvalue weighted by atomic mass is 79.9. The van der Waals surface area contributed by atoms with Crippen LogP contribution in [0.5, 0.6) is 5.75 Å². The van der Waals surface area contributed by atoms with Gasteiger partial charge in [0.1, 0.15) is 5.75 Å². The molecule has 0 aliphatic carbocycles. The van der Waals surface area contributed by atoms with Gasteiger partial charge in [-0.05, 0) is 37.1 Å². The second-order valence-corrected chi connectivity index (χ2v) is 4.39. The van der Waals surface area contributed by atoms with Crippen LogP contribution in [0.1, 0.15) is 25.7 Å². The Balaban J connectivity index is 2.26. The van der Waals surface area contributed by atoms with Gasteiger partial charge in [0.15, 0.2) is 0 Å². The minimum atomic E-state index is 0.0280. The Bertz CT molecular complexity index is 324. The van der Waals surface area contributed by atoms with E-state index >= 15 is 0 Å². The molecule has 1 rings (SSSR count). The first kappa shape index (κ1) is 13.0. The fourth-order valence-electron chi connectivity index (χ4n) is 1.33. The summed E-state index contributed by atoms with van der Waals surface area (Å²) in [6.45, 7) is 0. The number of aromatic hydroxyl groups is 1. The van der Waals surface area contributed by atoms with E-state index in [-0.39, 0.29) is 11.7 Å². The average molecular weight is 286 g/mol. The molecule has 0 unspecified atom stereocenters. The third kappa shape index (κ3) is 5.16. The maximum atomic E-state index is 11.5. The van der Waals surface area contributed by atoms with E-state index in [9.17, 15) is 4.79 Å². The minimum Gasteiger partial charge on any atom is -0.508 e. The normalized spacial score (nSPS) is 10.1. The van der Waals surface area contributed by atoms with Crippen LogP contribution in [0.15, 0.2) is 24.3 Å². The van der Waals surface area contributed by atoms with Crippen molar-refractivity contribution < 1.29 is 9.90 Å². The first-order valence-corrected chi connectivity index (χ1v) is 6.49. The van der Waals surface area contributed by atoms with Crippen molar-refractivity contribution >= 4 is 27.5 Å². The number of anilines is 1. The highest BCUT2D eigenvalue weighted by molar-refractivity contribution is 9.09. The number of rotatable bonds is 6. The summed E-state index contributed by atoms with van der Waals surface area (Å²) in [5, 5.41) is 12.9. The van der Waals surface area contributed by atoms with Crippen LogP contribution in [0.2, 0.25) is 0 Å². The maximum absolute atomic E-state index is 11.5. The SMILES string of the molecule is O=C(CCCCCBr)Nc1ccc(O)cc1. The molecule has 0 aliphatic rings. The minimum absolute atomic E-state index is 0.0280. The van der Waals surface area contributed by atoms with Gasteiger partial charge in [-0.15, -0.1) is 0 Å². The lowest BCUT2D eigenvalue weighted by Gasteiger charge is -2.04. The quantitative estimate of drug-likeness (QED) is 0.479. The van der Waals surface area contributed by atoms with E-state index in [2.05, 4.69) is 21.2 Å². The number of nitrogens with one attached hydrogen (secondary N) is 1. The van der Waals surface area contributed by atoms with Gasteiger partial charge < -0.3 is 10.4 Å². The van der Waals surface area contributed by atoms with Crippen molar-refractivity contribution in [2.75, 3.05) is 10.6 Å². The Labute approximate surface area is 104 Å². The lowest BCUT2D eigenvalue weighted by atomic mass is 10.2. The molecule has 4 heteroatoms. The smallest absolute Gasteiger partial charge is 0.224 e. The van der Waals surface area contributed by atoms with E-state index in [0.717, 1.165) is 30.3 Å². The molecule has 0 aliphatic heterocycles.